The van der Waals surface area contributed by atoms with Crippen molar-refractivity contribution in [2.24, 2.45) is 11.8 Å². The van der Waals surface area contributed by atoms with Gasteiger partial charge >= 0.3 is 5.97 Å². The molecule has 0 radical (unpaired) electrons. The van der Waals surface area contributed by atoms with Gasteiger partial charge in [0.25, 0.3) is 0 Å². The molecule has 4 aliphatic heterocycles. The summed E-state index contributed by atoms with van der Waals surface area (Å²) < 4.78 is 5.91. The van der Waals surface area contributed by atoms with Crippen LogP contribution < -0.4 is 0 Å². The molecule has 0 aromatic heterocycles. The predicted molar refractivity (Wildman–Crippen MR) is 73.6 cm³/mol. The molecular formula is C15H20N2O4. The molecule has 21 heavy (non-hydrogen) atoms. The average molecular weight is 292 g/mol. The molecule has 4 atom stereocenters. The van der Waals surface area contributed by atoms with Crippen LogP contribution in [0.1, 0.15) is 12.8 Å². The van der Waals surface area contributed by atoms with Gasteiger partial charge in [0, 0.05) is 6.04 Å². The zero-order chi connectivity index (χ0) is 14.8. The number of piperidine rings is 1. The third-order valence-electron chi connectivity index (χ3n) is 5.54. The molecule has 3 fully saturated rings. The van der Waals surface area contributed by atoms with Crippen molar-refractivity contribution in [1.29, 1.82) is 0 Å². The Labute approximate surface area is 123 Å². The van der Waals surface area contributed by atoms with E-state index < -0.39 is 29.5 Å². The molecule has 4 rings (SSSR count). The van der Waals surface area contributed by atoms with E-state index in [1.165, 1.54) is 0 Å². The van der Waals surface area contributed by atoms with Crippen LogP contribution in [-0.4, -0.2) is 71.2 Å². The van der Waals surface area contributed by atoms with Crippen LogP contribution in [0.2, 0.25) is 0 Å². The quantitative estimate of drug-likeness (QED) is 0.723. The smallest absolute Gasteiger partial charge is 0.310 e. The number of carbonyl (C=O) groups excluding carboxylic acids is 1. The summed E-state index contributed by atoms with van der Waals surface area (Å²) in [6, 6.07) is 0.221. The van der Waals surface area contributed by atoms with Crippen molar-refractivity contribution in [3.8, 4) is 0 Å². The molecule has 4 heterocycles. The lowest BCUT2D eigenvalue weighted by Gasteiger charge is -2.36. The van der Waals surface area contributed by atoms with Gasteiger partial charge in [-0.05, 0) is 33.0 Å². The number of likely N-dealkylation sites (tertiary alicyclic amines) is 2. The number of carboxylic acids is 1. The number of carbonyl (C=O) groups is 2. The summed E-state index contributed by atoms with van der Waals surface area (Å²) in [4.78, 5) is 28.5. The van der Waals surface area contributed by atoms with Crippen molar-refractivity contribution >= 4 is 11.9 Å². The van der Waals surface area contributed by atoms with Crippen LogP contribution in [0, 0.1) is 11.8 Å². The van der Waals surface area contributed by atoms with Crippen molar-refractivity contribution in [2.75, 3.05) is 26.7 Å². The molecule has 4 aliphatic rings. The lowest BCUT2D eigenvalue weighted by atomic mass is 9.77. The normalized spacial score (nSPS) is 42.8. The van der Waals surface area contributed by atoms with E-state index in [1.54, 1.807) is 0 Å². The highest BCUT2D eigenvalue weighted by Gasteiger charge is 2.67. The van der Waals surface area contributed by atoms with Gasteiger partial charge in [0.1, 0.15) is 11.5 Å². The predicted octanol–water partition coefficient (Wildman–Crippen LogP) is -0.0528. The van der Waals surface area contributed by atoms with Crippen molar-refractivity contribution < 1.29 is 19.4 Å². The Morgan fingerprint density at radius 1 is 1.43 bits per heavy atom. The van der Waals surface area contributed by atoms with Crippen molar-refractivity contribution in [3.05, 3.63) is 12.2 Å². The summed E-state index contributed by atoms with van der Waals surface area (Å²) in [7, 11) is 2.09. The molecule has 1 N–H and O–H groups in total. The topological polar surface area (TPSA) is 70.1 Å². The van der Waals surface area contributed by atoms with Gasteiger partial charge in [-0.2, -0.15) is 0 Å². The summed E-state index contributed by atoms with van der Waals surface area (Å²) in [5.41, 5.74) is -0.686. The lowest BCUT2D eigenvalue weighted by Crippen LogP contribution is -2.46. The van der Waals surface area contributed by atoms with Gasteiger partial charge in [-0.1, -0.05) is 12.2 Å². The molecule has 0 aromatic rings. The van der Waals surface area contributed by atoms with E-state index >= 15 is 0 Å². The van der Waals surface area contributed by atoms with Gasteiger partial charge in [0.2, 0.25) is 5.91 Å². The minimum absolute atomic E-state index is 0.0243. The number of aliphatic carboxylic acids is 1. The fourth-order valence-electron chi connectivity index (χ4n) is 4.43. The average Bonchev–Trinajstić information content (AvgIpc) is 3.08. The minimum Gasteiger partial charge on any atom is -0.481 e. The fraction of sp³-hybridized carbons (Fsp3) is 0.733. The lowest BCUT2D eigenvalue weighted by molar-refractivity contribution is -0.148. The van der Waals surface area contributed by atoms with E-state index in [0.717, 1.165) is 25.9 Å². The van der Waals surface area contributed by atoms with Crippen LogP contribution in [0.4, 0.5) is 0 Å². The van der Waals surface area contributed by atoms with Crippen molar-refractivity contribution in [3.63, 3.8) is 0 Å². The Bertz CT molecular complexity index is 526. The van der Waals surface area contributed by atoms with Crippen LogP contribution in [0.25, 0.3) is 0 Å². The first-order valence-corrected chi connectivity index (χ1v) is 7.61. The summed E-state index contributed by atoms with van der Waals surface area (Å²) in [5, 5.41) is 9.44. The zero-order valence-corrected chi connectivity index (χ0v) is 12.1. The Morgan fingerprint density at radius 2 is 2.14 bits per heavy atom. The Kier molecular flexibility index (Phi) is 2.72. The van der Waals surface area contributed by atoms with Crippen molar-refractivity contribution in [1.82, 2.24) is 9.80 Å². The number of hydrogen-bond acceptors (Lipinski definition) is 4. The van der Waals surface area contributed by atoms with E-state index in [4.69, 9.17) is 4.74 Å². The molecule has 6 nitrogen and oxygen atoms in total. The van der Waals surface area contributed by atoms with Crippen LogP contribution in [0.5, 0.6) is 0 Å². The van der Waals surface area contributed by atoms with E-state index in [-0.39, 0.29) is 11.9 Å². The second-order valence-corrected chi connectivity index (χ2v) is 6.74. The summed E-state index contributed by atoms with van der Waals surface area (Å²) >= 11 is 0. The first kappa shape index (κ1) is 13.3. The van der Waals surface area contributed by atoms with Crippen LogP contribution in [0.3, 0.4) is 0 Å². The molecule has 4 unspecified atom stereocenters. The maximum atomic E-state index is 12.8. The molecule has 0 aliphatic carbocycles. The SMILES string of the molecule is CN1CCC(N2CC34C=CC(O3)C(C(=O)O)C4C2=O)CC1. The minimum atomic E-state index is -0.921. The van der Waals surface area contributed by atoms with Gasteiger partial charge in [-0.25, -0.2) is 0 Å². The van der Waals surface area contributed by atoms with Gasteiger partial charge in [-0.3, -0.25) is 9.59 Å². The molecular weight excluding hydrogens is 272 g/mol. The van der Waals surface area contributed by atoms with E-state index in [0.29, 0.717) is 6.54 Å². The van der Waals surface area contributed by atoms with Gasteiger partial charge in [0.05, 0.1) is 18.6 Å². The summed E-state index contributed by atoms with van der Waals surface area (Å²) in [6.07, 6.45) is 5.22. The van der Waals surface area contributed by atoms with E-state index in [1.807, 2.05) is 17.1 Å². The van der Waals surface area contributed by atoms with Crippen LogP contribution >= 0.6 is 0 Å². The third kappa shape index (κ3) is 1.72. The molecule has 1 spiro atoms. The zero-order valence-electron chi connectivity index (χ0n) is 12.1. The number of rotatable bonds is 2. The fourth-order valence-corrected chi connectivity index (χ4v) is 4.43. The summed E-state index contributed by atoms with van der Waals surface area (Å²) in [6.45, 7) is 2.48. The second-order valence-electron chi connectivity index (χ2n) is 6.74. The molecule has 0 saturated carbocycles. The van der Waals surface area contributed by atoms with E-state index in [9.17, 15) is 14.7 Å². The molecule has 6 heteroatoms. The Balaban J connectivity index is 1.60. The number of fused-ring (bicyclic) bond motifs is 1. The molecule has 2 bridgehead atoms. The first-order valence-electron chi connectivity index (χ1n) is 7.61. The summed E-state index contributed by atoms with van der Waals surface area (Å²) in [5.74, 6) is -2.21. The van der Waals surface area contributed by atoms with Crippen LogP contribution in [-0.2, 0) is 14.3 Å². The largest absolute Gasteiger partial charge is 0.481 e. The Morgan fingerprint density at radius 3 is 2.81 bits per heavy atom. The van der Waals surface area contributed by atoms with E-state index in [2.05, 4.69) is 11.9 Å². The second kappa shape index (κ2) is 4.30. The first-order chi connectivity index (χ1) is 10.0. The number of hydrogen-bond donors (Lipinski definition) is 1. The number of ether oxygens (including phenoxy) is 1. The van der Waals surface area contributed by atoms with Gasteiger partial charge in [-0.15, -0.1) is 0 Å². The van der Waals surface area contributed by atoms with Crippen molar-refractivity contribution in [2.45, 2.75) is 30.6 Å². The highest BCUT2D eigenvalue weighted by atomic mass is 16.5. The monoisotopic (exact) mass is 292 g/mol. The standard InChI is InChI=1S/C15H20N2O4/c1-16-6-3-9(4-7-16)17-8-15-5-2-10(21-15)11(14(19)20)12(15)13(17)18/h2,5,9-12H,3-4,6-8H2,1H3,(H,19,20). The maximum Gasteiger partial charge on any atom is 0.310 e. The number of amides is 1. The highest BCUT2D eigenvalue weighted by molar-refractivity contribution is 5.91. The highest BCUT2D eigenvalue weighted by Crippen LogP contribution is 2.52. The molecule has 3 saturated heterocycles. The maximum absolute atomic E-state index is 12.8. The molecule has 114 valence electrons. The van der Waals surface area contributed by atoms with Crippen LogP contribution in [0.15, 0.2) is 12.2 Å². The van der Waals surface area contributed by atoms with Gasteiger partial charge < -0.3 is 19.6 Å². The number of nitrogens with zero attached hydrogens (tertiary/aromatic N) is 2. The Hall–Kier alpha value is -1.40. The molecule has 1 amide bonds. The van der Waals surface area contributed by atoms with Gasteiger partial charge in [0.15, 0.2) is 0 Å². The number of carboxylic acid groups (broad SMARTS) is 1. The molecule has 0 aromatic carbocycles. The third-order valence-corrected chi connectivity index (χ3v) is 5.54.